The van der Waals surface area contributed by atoms with Crippen LogP contribution in [-0.2, 0) is 10.0 Å². The molecule has 26 heavy (non-hydrogen) atoms. The standard InChI is InChI=1S/C19H29N3O2S2/c1-15-10-11-17(21-19(25)20-16-8-4-2-5-9-16)14-18(15)26(23,24)22-12-6-3-7-13-22/h10-11,14,16H,2-9,12-13H2,1H3,(H2,20,21,25). The second kappa shape index (κ2) is 8.67. The summed E-state index contributed by atoms with van der Waals surface area (Å²) < 4.78 is 27.6. The molecule has 1 heterocycles. The van der Waals surface area contributed by atoms with E-state index >= 15 is 0 Å². The molecule has 144 valence electrons. The van der Waals surface area contributed by atoms with Crippen molar-refractivity contribution < 1.29 is 8.42 Å². The summed E-state index contributed by atoms with van der Waals surface area (Å²) in [5.41, 5.74) is 1.49. The minimum absolute atomic E-state index is 0.380. The van der Waals surface area contributed by atoms with Gasteiger partial charge in [-0.25, -0.2) is 8.42 Å². The quantitative estimate of drug-likeness (QED) is 0.760. The van der Waals surface area contributed by atoms with Crippen LogP contribution >= 0.6 is 12.2 Å². The van der Waals surface area contributed by atoms with Gasteiger partial charge in [-0.05, 0) is 62.5 Å². The Morgan fingerprint density at radius 1 is 1.08 bits per heavy atom. The number of hydrogen-bond donors (Lipinski definition) is 2. The summed E-state index contributed by atoms with van der Waals surface area (Å²) in [6, 6.07) is 5.88. The number of nitrogens with one attached hydrogen (secondary N) is 2. The maximum absolute atomic E-state index is 13.0. The molecule has 0 unspecified atom stereocenters. The van der Waals surface area contributed by atoms with Gasteiger partial charge in [-0.2, -0.15) is 4.31 Å². The summed E-state index contributed by atoms with van der Waals surface area (Å²) >= 11 is 5.43. The van der Waals surface area contributed by atoms with Gasteiger partial charge in [0.25, 0.3) is 0 Å². The van der Waals surface area contributed by atoms with Crippen molar-refractivity contribution >= 4 is 33.0 Å². The highest BCUT2D eigenvalue weighted by Gasteiger charge is 2.27. The van der Waals surface area contributed by atoms with Gasteiger partial charge in [-0.3, -0.25) is 0 Å². The summed E-state index contributed by atoms with van der Waals surface area (Å²) in [5.74, 6) is 0. The maximum Gasteiger partial charge on any atom is 0.243 e. The van der Waals surface area contributed by atoms with Crippen molar-refractivity contribution in [3.8, 4) is 0 Å². The highest BCUT2D eigenvalue weighted by atomic mass is 32.2. The van der Waals surface area contributed by atoms with Crippen LogP contribution in [0.3, 0.4) is 0 Å². The van der Waals surface area contributed by atoms with E-state index in [4.69, 9.17) is 12.2 Å². The summed E-state index contributed by atoms with van der Waals surface area (Å²) in [6.07, 6.45) is 9.04. The van der Waals surface area contributed by atoms with Crippen LogP contribution in [0, 0.1) is 6.92 Å². The Morgan fingerprint density at radius 2 is 1.73 bits per heavy atom. The van der Waals surface area contributed by atoms with Crippen LogP contribution in [0.1, 0.15) is 56.9 Å². The lowest BCUT2D eigenvalue weighted by molar-refractivity contribution is 0.346. The summed E-state index contributed by atoms with van der Waals surface area (Å²) in [6.45, 7) is 3.07. The van der Waals surface area contributed by atoms with E-state index in [1.165, 1.54) is 19.3 Å². The molecule has 1 aromatic rings. The molecule has 0 bridgehead atoms. The predicted octanol–water partition coefficient (Wildman–Crippen LogP) is 3.79. The van der Waals surface area contributed by atoms with Crippen LogP contribution in [0.25, 0.3) is 0 Å². The van der Waals surface area contributed by atoms with Crippen LogP contribution in [0.15, 0.2) is 23.1 Å². The molecule has 1 aliphatic heterocycles. The molecule has 2 fully saturated rings. The van der Waals surface area contributed by atoms with Gasteiger partial charge in [0.05, 0.1) is 4.90 Å². The SMILES string of the molecule is Cc1ccc(NC(=S)NC2CCCCC2)cc1S(=O)(=O)N1CCCCC1. The van der Waals surface area contributed by atoms with E-state index in [0.717, 1.165) is 43.4 Å². The van der Waals surface area contributed by atoms with E-state index in [9.17, 15) is 8.42 Å². The van der Waals surface area contributed by atoms with Crippen molar-refractivity contribution in [3.05, 3.63) is 23.8 Å². The van der Waals surface area contributed by atoms with E-state index < -0.39 is 10.0 Å². The van der Waals surface area contributed by atoms with E-state index in [2.05, 4.69) is 10.6 Å². The fraction of sp³-hybridized carbons (Fsp3) is 0.632. The first kappa shape index (κ1) is 19.6. The van der Waals surface area contributed by atoms with Crippen molar-refractivity contribution in [1.82, 2.24) is 9.62 Å². The number of hydrogen-bond acceptors (Lipinski definition) is 3. The molecule has 0 aromatic heterocycles. The number of anilines is 1. The summed E-state index contributed by atoms with van der Waals surface area (Å²) in [5, 5.41) is 7.10. The van der Waals surface area contributed by atoms with Crippen molar-refractivity contribution in [2.45, 2.75) is 69.2 Å². The summed E-state index contributed by atoms with van der Waals surface area (Å²) in [4.78, 5) is 0.380. The largest absolute Gasteiger partial charge is 0.360 e. The fourth-order valence-corrected chi connectivity index (χ4v) is 5.85. The zero-order valence-electron chi connectivity index (χ0n) is 15.5. The lowest BCUT2D eigenvalue weighted by Gasteiger charge is -2.27. The average molecular weight is 396 g/mol. The third kappa shape index (κ3) is 4.75. The van der Waals surface area contributed by atoms with Gasteiger partial charge in [-0.15, -0.1) is 0 Å². The fourth-order valence-electron chi connectivity index (χ4n) is 3.80. The Hall–Kier alpha value is -1.18. The van der Waals surface area contributed by atoms with Gasteiger partial charge in [0.15, 0.2) is 5.11 Å². The van der Waals surface area contributed by atoms with Crippen LogP contribution in [-0.4, -0.2) is 37.0 Å². The Labute approximate surface area is 162 Å². The number of aryl methyl sites for hydroxylation is 1. The van der Waals surface area contributed by atoms with Crippen LogP contribution < -0.4 is 10.6 Å². The van der Waals surface area contributed by atoms with Gasteiger partial charge >= 0.3 is 0 Å². The molecule has 7 heteroatoms. The maximum atomic E-state index is 13.0. The Kier molecular flexibility index (Phi) is 6.53. The van der Waals surface area contributed by atoms with Gasteiger partial charge in [0, 0.05) is 24.8 Å². The molecule has 0 radical (unpaired) electrons. The first-order valence-corrected chi connectivity index (χ1v) is 11.5. The number of benzene rings is 1. The Balaban J connectivity index is 1.71. The lowest BCUT2D eigenvalue weighted by Crippen LogP contribution is -2.39. The molecule has 1 saturated carbocycles. The molecule has 2 N–H and O–H groups in total. The molecule has 3 rings (SSSR count). The highest BCUT2D eigenvalue weighted by Crippen LogP contribution is 2.26. The first-order valence-electron chi connectivity index (χ1n) is 9.65. The number of sulfonamides is 1. The van der Waals surface area contributed by atoms with E-state index in [1.54, 1.807) is 10.4 Å². The average Bonchev–Trinajstić information content (AvgIpc) is 2.64. The Morgan fingerprint density at radius 3 is 2.42 bits per heavy atom. The van der Waals surface area contributed by atoms with Crippen molar-refractivity contribution in [2.75, 3.05) is 18.4 Å². The molecule has 0 amide bonds. The molecule has 1 saturated heterocycles. The topological polar surface area (TPSA) is 61.4 Å². The smallest absolute Gasteiger partial charge is 0.243 e. The number of piperidine rings is 1. The van der Waals surface area contributed by atoms with Gasteiger partial charge in [-0.1, -0.05) is 31.7 Å². The third-order valence-corrected chi connectivity index (χ3v) is 7.58. The van der Waals surface area contributed by atoms with Crippen LogP contribution in [0.5, 0.6) is 0 Å². The molecule has 1 aliphatic carbocycles. The molecule has 0 atom stereocenters. The van der Waals surface area contributed by atoms with E-state index in [0.29, 0.717) is 29.1 Å². The molecular weight excluding hydrogens is 366 g/mol. The highest BCUT2D eigenvalue weighted by molar-refractivity contribution is 7.89. The molecule has 0 spiro atoms. The van der Waals surface area contributed by atoms with Crippen molar-refractivity contribution in [2.24, 2.45) is 0 Å². The second-order valence-electron chi connectivity index (χ2n) is 7.38. The molecular formula is C19H29N3O2S2. The van der Waals surface area contributed by atoms with Crippen molar-refractivity contribution in [3.63, 3.8) is 0 Å². The zero-order valence-corrected chi connectivity index (χ0v) is 17.1. The zero-order chi connectivity index (χ0) is 18.6. The lowest BCUT2D eigenvalue weighted by atomic mass is 9.96. The monoisotopic (exact) mass is 395 g/mol. The minimum Gasteiger partial charge on any atom is -0.360 e. The van der Waals surface area contributed by atoms with Crippen LogP contribution in [0.2, 0.25) is 0 Å². The normalized spacial score (nSPS) is 19.9. The number of rotatable bonds is 4. The van der Waals surface area contributed by atoms with Crippen molar-refractivity contribution in [1.29, 1.82) is 0 Å². The van der Waals surface area contributed by atoms with Gasteiger partial charge in [0.2, 0.25) is 10.0 Å². The number of nitrogens with zero attached hydrogens (tertiary/aromatic N) is 1. The third-order valence-electron chi connectivity index (χ3n) is 5.32. The predicted molar refractivity (Wildman–Crippen MR) is 110 cm³/mol. The molecule has 5 nitrogen and oxygen atoms in total. The van der Waals surface area contributed by atoms with E-state index in [1.807, 2.05) is 19.1 Å². The molecule has 1 aromatic carbocycles. The first-order chi connectivity index (χ1) is 12.5. The second-order valence-corrected chi connectivity index (χ2v) is 9.69. The van der Waals surface area contributed by atoms with Gasteiger partial charge in [0.1, 0.15) is 0 Å². The Bertz CT molecular complexity index is 737. The van der Waals surface area contributed by atoms with E-state index in [-0.39, 0.29) is 0 Å². The van der Waals surface area contributed by atoms with Crippen LogP contribution in [0.4, 0.5) is 5.69 Å². The minimum atomic E-state index is -3.45. The molecule has 2 aliphatic rings. The van der Waals surface area contributed by atoms with Gasteiger partial charge < -0.3 is 10.6 Å². The number of thiocarbonyl (C=S) groups is 1. The summed E-state index contributed by atoms with van der Waals surface area (Å²) in [7, 11) is -3.45.